The van der Waals surface area contributed by atoms with Crippen LogP contribution in [0.4, 0.5) is 20.3 Å². The molecule has 2 aliphatic heterocycles. The lowest BCUT2D eigenvalue weighted by Crippen LogP contribution is -2.54. The summed E-state index contributed by atoms with van der Waals surface area (Å²) in [5.74, 6) is 2.28. The van der Waals surface area contributed by atoms with E-state index in [2.05, 4.69) is 26.1 Å². The predicted octanol–water partition coefficient (Wildman–Crippen LogP) is 3.19. The number of aromatic nitrogens is 2. The van der Waals surface area contributed by atoms with Crippen molar-refractivity contribution >= 4 is 44.4 Å². The molecule has 2 saturated heterocycles. The Morgan fingerprint density at radius 2 is 1.79 bits per heavy atom. The lowest BCUT2D eigenvalue weighted by molar-refractivity contribution is -0.137. The number of rotatable bonds is 5. The number of halogens is 3. The Balaban J connectivity index is 1.42. The molecule has 2 atom stereocenters. The summed E-state index contributed by atoms with van der Waals surface area (Å²) < 4.78 is 41.2. The number of anilines is 2. The Labute approximate surface area is 197 Å². The van der Waals surface area contributed by atoms with E-state index >= 15 is 0 Å². The lowest BCUT2D eigenvalue weighted by Gasteiger charge is -2.42. The van der Waals surface area contributed by atoms with Crippen molar-refractivity contribution in [2.75, 3.05) is 36.1 Å². The van der Waals surface area contributed by atoms with E-state index in [9.17, 15) is 17.8 Å². The van der Waals surface area contributed by atoms with Crippen LogP contribution < -0.4 is 10.2 Å². The van der Waals surface area contributed by atoms with Gasteiger partial charge in [0, 0.05) is 36.8 Å². The second kappa shape index (κ2) is 9.42. The Bertz CT molecular complexity index is 1110. The maximum absolute atomic E-state index is 14.6. The standard InChI is InChI=1S/C22H26ClF2N5O2S/c1-33(2,32)15-10-16(24)21(17(25)11-15)28-18-4-3-7-30(22(18)31)14-5-8-29(9-6-14)20-13-26-19(23)12-27-20/h10-14,18,28H,1,3-9H2,2H3. The summed E-state index contributed by atoms with van der Waals surface area (Å²) in [4.78, 5) is 25.5. The van der Waals surface area contributed by atoms with Gasteiger partial charge in [-0.05, 0) is 53.2 Å². The van der Waals surface area contributed by atoms with Crippen molar-refractivity contribution in [2.24, 2.45) is 0 Å². The molecule has 2 aliphatic rings. The Morgan fingerprint density at radius 1 is 1.12 bits per heavy atom. The third kappa shape index (κ3) is 5.22. The van der Waals surface area contributed by atoms with Gasteiger partial charge in [-0.3, -0.25) is 9.00 Å². The van der Waals surface area contributed by atoms with Crippen molar-refractivity contribution in [3.8, 4) is 0 Å². The zero-order valence-corrected chi connectivity index (χ0v) is 19.8. The van der Waals surface area contributed by atoms with Gasteiger partial charge in [-0.1, -0.05) is 11.6 Å². The molecule has 4 rings (SSSR count). The van der Waals surface area contributed by atoms with Crippen LogP contribution in [0, 0.1) is 11.6 Å². The Hall–Kier alpha value is -2.46. The Kier molecular flexibility index (Phi) is 6.76. The van der Waals surface area contributed by atoms with Gasteiger partial charge in [-0.25, -0.2) is 18.7 Å². The SMILES string of the molecule is C=S(C)(=O)c1cc(F)c(NC2CCCN(C3CCN(c4cnc(Cl)cn4)CC3)C2=O)c(F)c1. The second-order valence-corrected chi connectivity index (χ2v) is 11.4. The maximum atomic E-state index is 14.6. The molecule has 2 unspecified atom stereocenters. The molecule has 1 aromatic heterocycles. The number of hydrogen-bond donors (Lipinski definition) is 1. The van der Waals surface area contributed by atoms with Crippen molar-refractivity contribution in [3.63, 3.8) is 0 Å². The molecule has 1 amide bonds. The van der Waals surface area contributed by atoms with E-state index in [1.807, 2.05) is 4.90 Å². The first kappa shape index (κ1) is 23.7. The molecule has 0 saturated carbocycles. The normalized spacial score (nSPS) is 21.7. The minimum Gasteiger partial charge on any atom is -0.369 e. The molecular weight excluding hydrogens is 472 g/mol. The van der Waals surface area contributed by atoms with Crippen LogP contribution in [0.25, 0.3) is 0 Å². The van der Waals surface area contributed by atoms with Crippen LogP contribution >= 0.6 is 11.6 Å². The molecule has 0 bridgehead atoms. The number of benzene rings is 1. The summed E-state index contributed by atoms with van der Waals surface area (Å²) in [5, 5.41) is 3.10. The van der Waals surface area contributed by atoms with Gasteiger partial charge in [0.1, 0.15) is 22.7 Å². The highest BCUT2D eigenvalue weighted by Gasteiger charge is 2.35. The monoisotopic (exact) mass is 497 g/mol. The van der Waals surface area contributed by atoms with Crippen LogP contribution in [0.3, 0.4) is 0 Å². The summed E-state index contributed by atoms with van der Waals surface area (Å²) in [7, 11) is -2.76. The fourth-order valence-electron chi connectivity index (χ4n) is 4.38. The molecule has 2 aromatic rings. The van der Waals surface area contributed by atoms with Crippen molar-refractivity contribution in [1.82, 2.24) is 14.9 Å². The number of amides is 1. The molecule has 178 valence electrons. The molecule has 1 aromatic carbocycles. The molecule has 11 heteroatoms. The lowest BCUT2D eigenvalue weighted by atomic mass is 9.97. The average molecular weight is 498 g/mol. The summed E-state index contributed by atoms with van der Waals surface area (Å²) in [6.07, 6.45) is 7.19. The topological polar surface area (TPSA) is 78.4 Å². The fraction of sp³-hybridized carbons (Fsp3) is 0.455. The molecule has 0 radical (unpaired) electrons. The summed E-state index contributed by atoms with van der Waals surface area (Å²) >= 11 is 5.81. The quantitative estimate of drug-likeness (QED) is 0.639. The largest absolute Gasteiger partial charge is 0.369 e. The predicted molar refractivity (Wildman–Crippen MR) is 126 cm³/mol. The van der Waals surface area contributed by atoms with E-state index in [0.717, 1.165) is 50.3 Å². The number of nitrogens with zero attached hydrogens (tertiary/aromatic N) is 4. The highest BCUT2D eigenvalue weighted by molar-refractivity contribution is 7.99. The van der Waals surface area contributed by atoms with Gasteiger partial charge >= 0.3 is 0 Å². The molecule has 0 aliphatic carbocycles. The van der Waals surface area contributed by atoms with Crippen molar-refractivity contribution in [3.05, 3.63) is 41.3 Å². The highest BCUT2D eigenvalue weighted by atomic mass is 35.5. The number of likely N-dealkylation sites (tertiary alicyclic amines) is 1. The minimum atomic E-state index is -2.76. The molecule has 2 fully saturated rings. The first-order valence-corrected chi connectivity index (χ1v) is 13.3. The maximum Gasteiger partial charge on any atom is 0.245 e. The summed E-state index contributed by atoms with van der Waals surface area (Å²) in [6.45, 7) is 2.05. The van der Waals surface area contributed by atoms with Crippen LogP contribution in [0.2, 0.25) is 5.15 Å². The van der Waals surface area contributed by atoms with Crippen LogP contribution in [-0.2, 0) is 14.3 Å². The van der Waals surface area contributed by atoms with E-state index in [1.165, 1.54) is 12.5 Å². The number of hydrogen-bond acceptors (Lipinski definition) is 6. The molecule has 7 nitrogen and oxygen atoms in total. The van der Waals surface area contributed by atoms with E-state index in [0.29, 0.717) is 18.1 Å². The first-order valence-electron chi connectivity index (χ1n) is 10.7. The van der Waals surface area contributed by atoms with Crippen molar-refractivity contribution in [1.29, 1.82) is 0 Å². The summed E-state index contributed by atoms with van der Waals surface area (Å²) in [6, 6.07) is 1.36. The molecule has 3 heterocycles. The first-order chi connectivity index (χ1) is 15.6. The number of carbonyl (C=O) groups excluding carboxylic acids is 1. The van der Waals surface area contributed by atoms with Crippen molar-refractivity contribution in [2.45, 2.75) is 42.7 Å². The zero-order chi connectivity index (χ0) is 23.8. The highest BCUT2D eigenvalue weighted by Crippen LogP contribution is 2.28. The number of nitrogens with one attached hydrogen (secondary N) is 1. The van der Waals surface area contributed by atoms with E-state index in [-0.39, 0.29) is 22.5 Å². The minimum absolute atomic E-state index is 0.00298. The van der Waals surface area contributed by atoms with Crippen LogP contribution in [0.5, 0.6) is 0 Å². The van der Waals surface area contributed by atoms with E-state index in [1.54, 1.807) is 6.20 Å². The third-order valence-electron chi connectivity index (χ3n) is 6.14. The van der Waals surface area contributed by atoms with Gasteiger partial charge in [-0.2, -0.15) is 0 Å². The number of carbonyl (C=O) groups is 1. The zero-order valence-electron chi connectivity index (χ0n) is 18.3. The van der Waals surface area contributed by atoms with Crippen LogP contribution in [-0.4, -0.2) is 68.8 Å². The van der Waals surface area contributed by atoms with Gasteiger partial charge in [-0.15, -0.1) is 0 Å². The van der Waals surface area contributed by atoms with Crippen LogP contribution in [0.1, 0.15) is 25.7 Å². The molecule has 0 spiro atoms. The van der Waals surface area contributed by atoms with Gasteiger partial charge < -0.3 is 15.1 Å². The number of piperidine rings is 2. The van der Waals surface area contributed by atoms with E-state index in [4.69, 9.17) is 11.6 Å². The van der Waals surface area contributed by atoms with Crippen molar-refractivity contribution < 1.29 is 17.8 Å². The van der Waals surface area contributed by atoms with Crippen LogP contribution in [0.15, 0.2) is 29.4 Å². The average Bonchev–Trinajstić information content (AvgIpc) is 2.77. The van der Waals surface area contributed by atoms with Gasteiger partial charge in [0.25, 0.3) is 0 Å². The van der Waals surface area contributed by atoms with Gasteiger partial charge in [0.2, 0.25) is 5.91 Å². The summed E-state index contributed by atoms with van der Waals surface area (Å²) in [5.41, 5.74) is -0.376. The molecule has 1 N–H and O–H groups in total. The fourth-order valence-corrected chi connectivity index (χ4v) is 5.19. The van der Waals surface area contributed by atoms with Gasteiger partial charge in [0.15, 0.2) is 11.6 Å². The molecular formula is C22H26ClF2N5O2S. The second-order valence-electron chi connectivity index (χ2n) is 8.55. The van der Waals surface area contributed by atoms with E-state index < -0.39 is 27.2 Å². The molecule has 33 heavy (non-hydrogen) atoms. The van der Waals surface area contributed by atoms with Gasteiger partial charge in [0.05, 0.1) is 12.4 Å². The third-order valence-corrected chi connectivity index (χ3v) is 7.57. The Morgan fingerprint density at radius 3 is 2.36 bits per heavy atom. The smallest absolute Gasteiger partial charge is 0.245 e.